The van der Waals surface area contributed by atoms with E-state index >= 15 is 0 Å². The Morgan fingerprint density at radius 1 is 1.00 bits per heavy atom. The summed E-state index contributed by atoms with van der Waals surface area (Å²) in [4.78, 5) is 10.2. The fourth-order valence-corrected chi connectivity index (χ4v) is 2.37. The molecule has 104 valence electrons. The van der Waals surface area contributed by atoms with Gasteiger partial charge >= 0.3 is 0 Å². The number of aryl methyl sites for hydroxylation is 1. The van der Waals surface area contributed by atoms with E-state index in [9.17, 15) is 10.1 Å². The van der Waals surface area contributed by atoms with Crippen LogP contribution in [0.15, 0.2) is 54.6 Å². The van der Waals surface area contributed by atoms with Crippen LogP contribution < -0.4 is 0 Å². The molecule has 3 nitrogen and oxygen atoms in total. The van der Waals surface area contributed by atoms with Crippen molar-refractivity contribution >= 4 is 17.3 Å². The van der Waals surface area contributed by atoms with Crippen LogP contribution in [0, 0.1) is 10.1 Å². The number of hydrogen-bond donors (Lipinski definition) is 0. The van der Waals surface area contributed by atoms with Crippen LogP contribution in [0.2, 0.25) is 0 Å². The van der Waals surface area contributed by atoms with E-state index in [2.05, 4.69) is 12.1 Å². The first-order chi connectivity index (χ1) is 9.65. The van der Waals surface area contributed by atoms with Gasteiger partial charge in [0, 0.05) is 17.5 Å². The van der Waals surface area contributed by atoms with Gasteiger partial charge in [0.15, 0.2) is 0 Å². The highest BCUT2D eigenvalue weighted by molar-refractivity contribution is 6.20. The first-order valence-electron chi connectivity index (χ1n) is 6.56. The maximum atomic E-state index is 10.6. The molecule has 0 spiro atoms. The number of hydrogen-bond acceptors (Lipinski definition) is 2. The second-order valence-electron chi connectivity index (χ2n) is 4.75. The smallest absolute Gasteiger partial charge is 0.258 e. The molecule has 1 unspecified atom stereocenters. The minimum atomic E-state index is -0.392. The summed E-state index contributed by atoms with van der Waals surface area (Å²) in [6.45, 7) is 0. The van der Waals surface area contributed by atoms with Gasteiger partial charge in [0.1, 0.15) is 0 Å². The highest BCUT2D eigenvalue weighted by Crippen LogP contribution is 2.17. The normalized spacial score (nSPS) is 12.1. The van der Waals surface area contributed by atoms with Gasteiger partial charge in [0.05, 0.1) is 4.92 Å². The van der Waals surface area contributed by atoms with Crippen molar-refractivity contribution in [1.82, 2.24) is 0 Å². The molecule has 2 aromatic carbocycles. The number of non-ortho nitro benzene ring substituents is 1. The maximum absolute atomic E-state index is 10.6. The van der Waals surface area contributed by atoms with E-state index in [-0.39, 0.29) is 11.1 Å². The molecule has 2 aromatic rings. The third kappa shape index (κ3) is 4.35. The van der Waals surface area contributed by atoms with E-state index in [0.29, 0.717) is 0 Å². The Bertz CT molecular complexity index is 554. The molecule has 1 atom stereocenters. The minimum Gasteiger partial charge on any atom is -0.258 e. The van der Waals surface area contributed by atoms with Crippen molar-refractivity contribution < 1.29 is 4.92 Å². The first-order valence-corrected chi connectivity index (χ1v) is 7.00. The predicted molar refractivity (Wildman–Crippen MR) is 81.2 cm³/mol. The Balaban J connectivity index is 1.85. The Labute approximate surface area is 123 Å². The number of benzene rings is 2. The molecule has 0 saturated heterocycles. The lowest BCUT2D eigenvalue weighted by Crippen LogP contribution is -2.05. The molecule has 0 aliphatic heterocycles. The molecule has 20 heavy (non-hydrogen) atoms. The third-order valence-electron chi connectivity index (χ3n) is 3.19. The van der Waals surface area contributed by atoms with Crippen molar-refractivity contribution in [3.63, 3.8) is 0 Å². The molecule has 0 aromatic heterocycles. The second kappa shape index (κ2) is 7.06. The minimum absolute atomic E-state index is 0.0386. The van der Waals surface area contributed by atoms with E-state index in [0.717, 1.165) is 24.8 Å². The van der Waals surface area contributed by atoms with Gasteiger partial charge in [0.2, 0.25) is 0 Å². The highest BCUT2D eigenvalue weighted by atomic mass is 35.5. The SMILES string of the molecule is O=[N+]([O-])c1ccc(CC(Cl)CCc2ccccc2)cc1. The molecule has 0 radical (unpaired) electrons. The molecule has 0 N–H and O–H groups in total. The van der Waals surface area contributed by atoms with Gasteiger partial charge in [-0.05, 0) is 30.4 Å². The Morgan fingerprint density at radius 3 is 2.25 bits per heavy atom. The van der Waals surface area contributed by atoms with Gasteiger partial charge in [-0.3, -0.25) is 10.1 Å². The van der Waals surface area contributed by atoms with Crippen LogP contribution >= 0.6 is 11.6 Å². The van der Waals surface area contributed by atoms with E-state index in [4.69, 9.17) is 11.6 Å². The quantitative estimate of drug-likeness (QED) is 0.450. The molecule has 0 aliphatic carbocycles. The Morgan fingerprint density at radius 2 is 1.65 bits per heavy atom. The maximum Gasteiger partial charge on any atom is 0.269 e. The van der Waals surface area contributed by atoms with Crippen molar-refractivity contribution in [3.8, 4) is 0 Å². The molecule has 0 fully saturated rings. The first kappa shape index (κ1) is 14.5. The van der Waals surface area contributed by atoms with E-state index in [1.54, 1.807) is 12.1 Å². The zero-order valence-corrected chi connectivity index (χ0v) is 11.8. The fourth-order valence-electron chi connectivity index (χ4n) is 2.08. The second-order valence-corrected chi connectivity index (χ2v) is 5.37. The monoisotopic (exact) mass is 289 g/mol. The molecule has 0 aliphatic rings. The molecule has 0 amide bonds. The number of halogens is 1. The van der Waals surface area contributed by atoms with Crippen molar-refractivity contribution in [3.05, 3.63) is 75.8 Å². The third-order valence-corrected chi connectivity index (χ3v) is 3.57. The summed E-state index contributed by atoms with van der Waals surface area (Å²) in [6.07, 6.45) is 2.57. The summed E-state index contributed by atoms with van der Waals surface area (Å²) in [5.41, 5.74) is 2.43. The number of rotatable bonds is 6. The van der Waals surface area contributed by atoms with Crippen molar-refractivity contribution in [2.75, 3.05) is 0 Å². The zero-order chi connectivity index (χ0) is 14.4. The van der Waals surface area contributed by atoms with Crippen LogP contribution in [0.4, 0.5) is 5.69 Å². The van der Waals surface area contributed by atoms with Crippen LogP contribution in [0.5, 0.6) is 0 Å². The van der Waals surface area contributed by atoms with Crippen LogP contribution in [0.25, 0.3) is 0 Å². The van der Waals surface area contributed by atoms with E-state index in [1.807, 2.05) is 18.2 Å². The molecular weight excluding hydrogens is 274 g/mol. The van der Waals surface area contributed by atoms with Gasteiger partial charge < -0.3 is 0 Å². The number of nitrogens with zero attached hydrogens (tertiary/aromatic N) is 1. The van der Waals surface area contributed by atoms with Gasteiger partial charge in [0.25, 0.3) is 5.69 Å². The van der Waals surface area contributed by atoms with Crippen LogP contribution in [-0.2, 0) is 12.8 Å². The summed E-state index contributed by atoms with van der Waals surface area (Å²) >= 11 is 6.33. The average Bonchev–Trinajstić information content (AvgIpc) is 2.47. The zero-order valence-electron chi connectivity index (χ0n) is 11.0. The highest BCUT2D eigenvalue weighted by Gasteiger charge is 2.09. The summed E-state index contributed by atoms with van der Waals surface area (Å²) in [5.74, 6) is 0. The van der Waals surface area contributed by atoms with Crippen molar-refractivity contribution in [2.45, 2.75) is 24.6 Å². The predicted octanol–water partition coefficient (Wildman–Crippen LogP) is 4.38. The number of nitro benzene ring substituents is 1. The van der Waals surface area contributed by atoms with Gasteiger partial charge in [-0.2, -0.15) is 0 Å². The largest absolute Gasteiger partial charge is 0.269 e. The Hall–Kier alpha value is -1.87. The van der Waals surface area contributed by atoms with Crippen LogP contribution in [0.3, 0.4) is 0 Å². The van der Waals surface area contributed by atoms with E-state index < -0.39 is 4.92 Å². The lowest BCUT2D eigenvalue weighted by Gasteiger charge is -2.09. The fraction of sp³-hybridized carbons (Fsp3) is 0.250. The molecule has 0 saturated carbocycles. The molecule has 2 rings (SSSR count). The lowest BCUT2D eigenvalue weighted by molar-refractivity contribution is -0.384. The number of nitro groups is 1. The summed E-state index contributed by atoms with van der Waals surface area (Å²) in [5, 5.41) is 10.6. The Kier molecular flexibility index (Phi) is 5.13. The molecule has 0 heterocycles. The lowest BCUT2D eigenvalue weighted by atomic mass is 10.0. The molecular formula is C16H16ClNO2. The van der Waals surface area contributed by atoms with Gasteiger partial charge in [-0.1, -0.05) is 42.5 Å². The molecule has 0 bridgehead atoms. The average molecular weight is 290 g/mol. The van der Waals surface area contributed by atoms with E-state index in [1.165, 1.54) is 17.7 Å². The van der Waals surface area contributed by atoms with Crippen LogP contribution in [0.1, 0.15) is 17.5 Å². The van der Waals surface area contributed by atoms with Crippen molar-refractivity contribution in [1.29, 1.82) is 0 Å². The molecule has 4 heteroatoms. The topological polar surface area (TPSA) is 43.1 Å². The summed E-state index contributed by atoms with van der Waals surface area (Å²) < 4.78 is 0. The summed E-state index contributed by atoms with van der Waals surface area (Å²) in [7, 11) is 0. The standard InChI is InChI=1S/C16H16ClNO2/c17-15(9-6-13-4-2-1-3-5-13)12-14-7-10-16(11-8-14)18(19)20/h1-5,7-8,10-11,15H,6,9,12H2. The van der Waals surface area contributed by atoms with Crippen molar-refractivity contribution in [2.24, 2.45) is 0 Å². The van der Waals surface area contributed by atoms with Gasteiger partial charge in [-0.15, -0.1) is 11.6 Å². The number of alkyl halides is 1. The van der Waals surface area contributed by atoms with Gasteiger partial charge in [-0.25, -0.2) is 0 Å². The summed E-state index contributed by atoms with van der Waals surface area (Å²) in [6, 6.07) is 16.8. The van der Waals surface area contributed by atoms with Crippen LogP contribution in [-0.4, -0.2) is 10.3 Å².